The highest BCUT2D eigenvalue weighted by Gasteiger charge is 2.05. The van der Waals surface area contributed by atoms with Crippen molar-refractivity contribution >= 4 is 5.69 Å². The van der Waals surface area contributed by atoms with E-state index in [4.69, 9.17) is 9.47 Å². The Labute approximate surface area is 120 Å². The number of anilines is 1. The van der Waals surface area contributed by atoms with Crippen LogP contribution in [-0.2, 0) is 6.54 Å². The highest BCUT2D eigenvalue weighted by atomic mass is 16.5. The van der Waals surface area contributed by atoms with Crippen LogP contribution in [0.3, 0.4) is 0 Å². The third-order valence-electron chi connectivity index (χ3n) is 3.08. The number of hydrogen-bond acceptors (Lipinski definition) is 3. The van der Waals surface area contributed by atoms with Crippen LogP contribution in [0.5, 0.6) is 11.5 Å². The standard InChI is InChI=1S/C17H21NO2/c1-4-20-16-10-7-14(11-17(16)19-3)12-18-15-8-5-13(2)6-9-15/h5-11,18H,4,12H2,1-3H3. The molecule has 2 aromatic rings. The summed E-state index contributed by atoms with van der Waals surface area (Å²) >= 11 is 0. The van der Waals surface area contributed by atoms with Gasteiger partial charge in [-0.15, -0.1) is 0 Å². The Bertz CT molecular complexity index is 549. The van der Waals surface area contributed by atoms with Crippen molar-refractivity contribution in [3.8, 4) is 11.5 Å². The van der Waals surface area contributed by atoms with Crippen molar-refractivity contribution in [2.75, 3.05) is 19.0 Å². The number of nitrogens with one attached hydrogen (secondary N) is 1. The summed E-state index contributed by atoms with van der Waals surface area (Å²) in [7, 11) is 1.66. The quantitative estimate of drug-likeness (QED) is 0.861. The first-order valence-electron chi connectivity index (χ1n) is 6.83. The van der Waals surface area contributed by atoms with Crippen LogP contribution in [0, 0.1) is 6.92 Å². The maximum atomic E-state index is 5.51. The first kappa shape index (κ1) is 14.3. The van der Waals surface area contributed by atoms with E-state index in [-0.39, 0.29) is 0 Å². The Morgan fingerprint density at radius 2 is 1.75 bits per heavy atom. The number of hydrogen-bond donors (Lipinski definition) is 1. The lowest BCUT2D eigenvalue weighted by Gasteiger charge is -2.12. The van der Waals surface area contributed by atoms with Crippen LogP contribution in [0.25, 0.3) is 0 Å². The minimum absolute atomic E-state index is 0.636. The van der Waals surface area contributed by atoms with E-state index < -0.39 is 0 Å². The lowest BCUT2D eigenvalue weighted by Crippen LogP contribution is -2.01. The van der Waals surface area contributed by atoms with Crippen molar-refractivity contribution in [3.05, 3.63) is 53.6 Å². The largest absolute Gasteiger partial charge is 0.493 e. The van der Waals surface area contributed by atoms with E-state index in [0.29, 0.717) is 6.61 Å². The van der Waals surface area contributed by atoms with Crippen molar-refractivity contribution in [2.24, 2.45) is 0 Å². The van der Waals surface area contributed by atoms with E-state index in [1.165, 1.54) is 5.56 Å². The number of rotatable bonds is 6. The van der Waals surface area contributed by atoms with Gasteiger partial charge in [0.05, 0.1) is 13.7 Å². The van der Waals surface area contributed by atoms with Gasteiger partial charge >= 0.3 is 0 Å². The topological polar surface area (TPSA) is 30.5 Å². The van der Waals surface area contributed by atoms with E-state index in [9.17, 15) is 0 Å². The van der Waals surface area contributed by atoms with Crippen LogP contribution in [0.1, 0.15) is 18.1 Å². The van der Waals surface area contributed by atoms with Crippen molar-refractivity contribution in [2.45, 2.75) is 20.4 Å². The van der Waals surface area contributed by atoms with Gasteiger partial charge < -0.3 is 14.8 Å². The molecule has 0 bridgehead atoms. The molecule has 0 saturated carbocycles. The molecule has 0 saturated heterocycles. The van der Waals surface area contributed by atoms with E-state index in [2.05, 4.69) is 42.6 Å². The molecule has 3 heteroatoms. The number of methoxy groups -OCH3 is 1. The summed E-state index contributed by atoms with van der Waals surface area (Å²) in [4.78, 5) is 0. The fourth-order valence-corrected chi connectivity index (χ4v) is 1.97. The van der Waals surface area contributed by atoms with Gasteiger partial charge in [-0.2, -0.15) is 0 Å². The fourth-order valence-electron chi connectivity index (χ4n) is 1.97. The van der Waals surface area contributed by atoms with Crippen LogP contribution in [-0.4, -0.2) is 13.7 Å². The van der Waals surface area contributed by atoms with Gasteiger partial charge in [-0.1, -0.05) is 23.8 Å². The van der Waals surface area contributed by atoms with E-state index in [0.717, 1.165) is 29.3 Å². The average molecular weight is 271 g/mol. The second kappa shape index (κ2) is 6.85. The molecule has 0 unspecified atom stereocenters. The van der Waals surface area contributed by atoms with Gasteiger partial charge in [0.1, 0.15) is 0 Å². The summed E-state index contributed by atoms with van der Waals surface area (Å²) in [5, 5.41) is 3.39. The van der Waals surface area contributed by atoms with Gasteiger partial charge in [0.15, 0.2) is 11.5 Å². The first-order chi connectivity index (χ1) is 9.72. The number of ether oxygens (including phenoxy) is 2. The summed E-state index contributed by atoms with van der Waals surface area (Å²) in [6.45, 7) is 5.44. The Balaban J connectivity index is 2.04. The smallest absolute Gasteiger partial charge is 0.161 e. The summed E-state index contributed by atoms with van der Waals surface area (Å²) in [5.41, 5.74) is 3.53. The molecular formula is C17H21NO2. The maximum absolute atomic E-state index is 5.51. The van der Waals surface area contributed by atoms with Crippen LogP contribution < -0.4 is 14.8 Å². The van der Waals surface area contributed by atoms with Crippen LogP contribution >= 0.6 is 0 Å². The average Bonchev–Trinajstić information content (AvgIpc) is 2.48. The normalized spacial score (nSPS) is 10.2. The molecule has 0 aliphatic carbocycles. The molecule has 1 N–H and O–H groups in total. The van der Waals surface area contributed by atoms with Gasteiger partial charge in [-0.05, 0) is 43.7 Å². The van der Waals surface area contributed by atoms with Crippen LogP contribution in [0.4, 0.5) is 5.69 Å². The molecule has 106 valence electrons. The Hall–Kier alpha value is -2.16. The number of benzene rings is 2. The molecule has 2 rings (SSSR count). The highest BCUT2D eigenvalue weighted by molar-refractivity contribution is 5.47. The predicted octanol–water partition coefficient (Wildman–Crippen LogP) is 4.01. The maximum Gasteiger partial charge on any atom is 0.161 e. The fraction of sp³-hybridized carbons (Fsp3) is 0.294. The molecule has 0 atom stereocenters. The zero-order valence-corrected chi connectivity index (χ0v) is 12.3. The van der Waals surface area contributed by atoms with Crippen molar-refractivity contribution < 1.29 is 9.47 Å². The SMILES string of the molecule is CCOc1ccc(CNc2ccc(C)cc2)cc1OC. The van der Waals surface area contributed by atoms with Gasteiger partial charge in [0.25, 0.3) is 0 Å². The molecule has 20 heavy (non-hydrogen) atoms. The van der Waals surface area contributed by atoms with Gasteiger partial charge in [0.2, 0.25) is 0 Å². The minimum atomic E-state index is 0.636. The molecule has 0 amide bonds. The van der Waals surface area contributed by atoms with E-state index in [1.54, 1.807) is 7.11 Å². The lowest BCUT2D eigenvalue weighted by molar-refractivity contribution is 0.310. The minimum Gasteiger partial charge on any atom is -0.493 e. The van der Waals surface area contributed by atoms with E-state index >= 15 is 0 Å². The van der Waals surface area contributed by atoms with Crippen LogP contribution in [0.2, 0.25) is 0 Å². The monoisotopic (exact) mass is 271 g/mol. The Kier molecular flexibility index (Phi) is 4.88. The number of aryl methyl sites for hydroxylation is 1. The third-order valence-corrected chi connectivity index (χ3v) is 3.08. The third kappa shape index (κ3) is 3.67. The molecule has 0 aliphatic heterocycles. The zero-order chi connectivity index (χ0) is 14.4. The summed E-state index contributed by atoms with van der Waals surface area (Å²) in [6, 6.07) is 14.4. The van der Waals surface area contributed by atoms with Crippen molar-refractivity contribution in [1.82, 2.24) is 0 Å². The van der Waals surface area contributed by atoms with Crippen LogP contribution in [0.15, 0.2) is 42.5 Å². The van der Waals surface area contributed by atoms with Gasteiger partial charge in [-0.25, -0.2) is 0 Å². The molecule has 0 heterocycles. The lowest BCUT2D eigenvalue weighted by atomic mass is 10.2. The second-order valence-corrected chi connectivity index (χ2v) is 4.64. The van der Waals surface area contributed by atoms with Crippen molar-refractivity contribution in [3.63, 3.8) is 0 Å². The second-order valence-electron chi connectivity index (χ2n) is 4.64. The highest BCUT2D eigenvalue weighted by Crippen LogP contribution is 2.28. The summed E-state index contributed by atoms with van der Waals surface area (Å²) in [5.74, 6) is 1.56. The zero-order valence-electron chi connectivity index (χ0n) is 12.3. The van der Waals surface area contributed by atoms with Gasteiger partial charge in [-0.3, -0.25) is 0 Å². The molecule has 3 nitrogen and oxygen atoms in total. The summed E-state index contributed by atoms with van der Waals surface area (Å²) < 4.78 is 10.9. The molecule has 0 aromatic heterocycles. The molecule has 0 spiro atoms. The Morgan fingerprint density at radius 3 is 2.40 bits per heavy atom. The summed E-state index contributed by atoms with van der Waals surface area (Å²) in [6.07, 6.45) is 0. The van der Waals surface area contributed by atoms with Gasteiger partial charge in [0, 0.05) is 12.2 Å². The predicted molar refractivity (Wildman–Crippen MR) is 82.7 cm³/mol. The molecule has 0 fully saturated rings. The molecule has 0 aliphatic rings. The van der Waals surface area contributed by atoms with E-state index in [1.807, 2.05) is 19.1 Å². The van der Waals surface area contributed by atoms with Crippen molar-refractivity contribution in [1.29, 1.82) is 0 Å². The molecule has 2 aromatic carbocycles. The molecular weight excluding hydrogens is 250 g/mol. The Morgan fingerprint density at radius 1 is 1.00 bits per heavy atom. The molecule has 0 radical (unpaired) electrons. The first-order valence-corrected chi connectivity index (χ1v) is 6.83.